The molecule has 0 bridgehead atoms. The third-order valence-electron chi connectivity index (χ3n) is 2.06. The van der Waals surface area contributed by atoms with Crippen molar-refractivity contribution in [1.82, 2.24) is 10.3 Å². The molecule has 0 aliphatic carbocycles. The Morgan fingerprint density at radius 3 is 2.58 bits per heavy atom. The summed E-state index contributed by atoms with van der Waals surface area (Å²) in [5.74, 6) is -1.01. The molecule has 1 aromatic rings. The van der Waals surface area contributed by atoms with Gasteiger partial charge in [0.05, 0.1) is 23.2 Å². The summed E-state index contributed by atoms with van der Waals surface area (Å²) in [6.45, 7) is 7.04. The van der Waals surface area contributed by atoms with Crippen LogP contribution in [0, 0.1) is 6.92 Å². The average molecular weight is 286 g/mol. The second-order valence-corrected chi connectivity index (χ2v) is 6.15. The van der Waals surface area contributed by atoms with E-state index in [9.17, 15) is 9.59 Å². The minimum absolute atomic E-state index is 0.234. The zero-order valence-corrected chi connectivity index (χ0v) is 12.2. The number of hydrogen-bond donors (Lipinski definition) is 2. The monoisotopic (exact) mass is 286 g/mol. The van der Waals surface area contributed by atoms with Gasteiger partial charge in [-0.3, -0.25) is 4.79 Å². The van der Waals surface area contributed by atoms with Crippen molar-refractivity contribution >= 4 is 23.4 Å². The Morgan fingerprint density at radius 2 is 2.16 bits per heavy atom. The third-order valence-corrected chi connectivity index (χ3v) is 2.86. The van der Waals surface area contributed by atoms with Crippen LogP contribution in [0.5, 0.6) is 0 Å². The number of nitrogens with one attached hydrogen (secondary N) is 1. The maximum atomic E-state index is 11.7. The number of nitrogens with zero attached hydrogens (tertiary/aromatic N) is 1. The largest absolute Gasteiger partial charge is 0.481 e. The van der Waals surface area contributed by atoms with Crippen LogP contribution in [0.15, 0.2) is 5.38 Å². The Labute approximate surface area is 115 Å². The van der Waals surface area contributed by atoms with Crippen molar-refractivity contribution in [1.29, 1.82) is 0 Å². The molecule has 19 heavy (non-hydrogen) atoms. The van der Waals surface area contributed by atoms with Crippen LogP contribution in [0.4, 0.5) is 4.79 Å². The summed E-state index contributed by atoms with van der Waals surface area (Å²) < 4.78 is 5.11. The van der Waals surface area contributed by atoms with Gasteiger partial charge in [0.15, 0.2) is 0 Å². The molecule has 0 saturated carbocycles. The Balaban J connectivity index is 2.76. The summed E-state index contributed by atoms with van der Waals surface area (Å²) in [7, 11) is 0. The minimum atomic E-state index is -1.01. The smallest absolute Gasteiger partial charge is 0.408 e. The van der Waals surface area contributed by atoms with Gasteiger partial charge in [0, 0.05) is 5.38 Å². The number of thiazole rings is 1. The highest BCUT2D eigenvalue weighted by Gasteiger charge is 2.23. The van der Waals surface area contributed by atoms with E-state index in [1.165, 1.54) is 11.3 Å². The predicted molar refractivity (Wildman–Crippen MR) is 71.2 cm³/mol. The first kappa shape index (κ1) is 15.4. The van der Waals surface area contributed by atoms with E-state index in [-0.39, 0.29) is 6.42 Å². The van der Waals surface area contributed by atoms with Gasteiger partial charge in [-0.15, -0.1) is 11.3 Å². The highest BCUT2D eigenvalue weighted by atomic mass is 32.1. The van der Waals surface area contributed by atoms with Crippen LogP contribution in [0.3, 0.4) is 0 Å². The average Bonchev–Trinajstić information content (AvgIpc) is 2.60. The SMILES string of the molecule is Cc1nc(C(CC(=O)O)NC(=O)OC(C)(C)C)cs1. The maximum Gasteiger partial charge on any atom is 0.408 e. The predicted octanol–water partition coefficient (Wildman–Crippen LogP) is 2.49. The molecule has 6 nitrogen and oxygen atoms in total. The second kappa shape index (κ2) is 6.01. The van der Waals surface area contributed by atoms with Crippen LogP contribution in [0.25, 0.3) is 0 Å². The topological polar surface area (TPSA) is 88.5 Å². The van der Waals surface area contributed by atoms with E-state index >= 15 is 0 Å². The lowest BCUT2D eigenvalue weighted by Crippen LogP contribution is -2.36. The van der Waals surface area contributed by atoms with Crippen LogP contribution in [-0.2, 0) is 9.53 Å². The summed E-state index contributed by atoms with van der Waals surface area (Å²) in [6, 6.07) is -0.683. The molecule has 1 unspecified atom stereocenters. The van der Waals surface area contributed by atoms with Gasteiger partial charge in [0.2, 0.25) is 0 Å². The number of hydrogen-bond acceptors (Lipinski definition) is 5. The molecule has 106 valence electrons. The number of aliphatic carboxylic acids is 1. The van der Waals surface area contributed by atoms with E-state index in [0.717, 1.165) is 5.01 Å². The standard InChI is InChI=1S/C12H18N2O4S/c1-7-13-9(6-19-7)8(5-10(15)16)14-11(17)18-12(2,3)4/h6,8H,5H2,1-4H3,(H,14,17)(H,15,16). The van der Waals surface area contributed by atoms with Gasteiger partial charge in [-0.2, -0.15) is 0 Å². The number of ether oxygens (including phenoxy) is 1. The maximum absolute atomic E-state index is 11.7. The van der Waals surface area contributed by atoms with Crippen LogP contribution >= 0.6 is 11.3 Å². The lowest BCUT2D eigenvalue weighted by Gasteiger charge is -2.22. The normalized spacial score (nSPS) is 12.8. The number of carboxylic acid groups (broad SMARTS) is 1. The lowest BCUT2D eigenvalue weighted by atomic mass is 10.1. The fourth-order valence-corrected chi connectivity index (χ4v) is 2.06. The van der Waals surface area contributed by atoms with E-state index in [2.05, 4.69) is 10.3 Å². The molecule has 0 aliphatic heterocycles. The molecular weight excluding hydrogens is 268 g/mol. The molecule has 1 rings (SSSR count). The van der Waals surface area contributed by atoms with Crippen LogP contribution in [0.2, 0.25) is 0 Å². The lowest BCUT2D eigenvalue weighted by molar-refractivity contribution is -0.137. The number of carbonyl (C=O) groups excluding carboxylic acids is 1. The van der Waals surface area contributed by atoms with E-state index in [4.69, 9.17) is 9.84 Å². The molecule has 0 aromatic carbocycles. The molecule has 1 aromatic heterocycles. The van der Waals surface area contributed by atoms with Crippen molar-refractivity contribution in [3.05, 3.63) is 16.1 Å². The van der Waals surface area contributed by atoms with Crippen molar-refractivity contribution in [2.24, 2.45) is 0 Å². The van der Waals surface area contributed by atoms with Gasteiger partial charge < -0.3 is 15.2 Å². The summed E-state index contributed by atoms with van der Waals surface area (Å²) in [6.07, 6.45) is -0.882. The van der Waals surface area contributed by atoms with Gasteiger partial charge in [-0.05, 0) is 27.7 Å². The molecule has 2 N–H and O–H groups in total. The van der Waals surface area contributed by atoms with Gasteiger partial charge in [0.25, 0.3) is 0 Å². The number of alkyl carbamates (subject to hydrolysis) is 1. The summed E-state index contributed by atoms with van der Waals surface area (Å²) in [4.78, 5) is 26.7. The molecule has 1 amide bonds. The third kappa shape index (κ3) is 5.69. The van der Waals surface area contributed by atoms with Crippen molar-refractivity contribution in [3.8, 4) is 0 Å². The first-order valence-corrected chi connectivity index (χ1v) is 6.68. The first-order valence-electron chi connectivity index (χ1n) is 5.80. The van der Waals surface area contributed by atoms with Crippen molar-refractivity contribution in [2.75, 3.05) is 0 Å². The fraction of sp³-hybridized carbons (Fsp3) is 0.583. The Morgan fingerprint density at radius 1 is 1.53 bits per heavy atom. The molecular formula is C12H18N2O4S. The molecule has 0 saturated heterocycles. The molecule has 7 heteroatoms. The van der Waals surface area contributed by atoms with Crippen LogP contribution in [-0.4, -0.2) is 27.8 Å². The Bertz CT molecular complexity index is 465. The van der Waals surface area contributed by atoms with E-state index in [0.29, 0.717) is 5.69 Å². The number of amides is 1. The van der Waals surface area contributed by atoms with Crippen molar-refractivity contribution in [2.45, 2.75) is 45.8 Å². The molecule has 0 fully saturated rings. The van der Waals surface area contributed by atoms with Crippen molar-refractivity contribution < 1.29 is 19.4 Å². The van der Waals surface area contributed by atoms with Crippen LogP contribution < -0.4 is 5.32 Å². The van der Waals surface area contributed by atoms with Gasteiger partial charge in [0.1, 0.15) is 5.60 Å². The Kier molecular flexibility index (Phi) is 4.88. The number of rotatable bonds is 4. The minimum Gasteiger partial charge on any atom is -0.481 e. The Hall–Kier alpha value is -1.63. The number of carbonyl (C=O) groups is 2. The number of aryl methyl sites for hydroxylation is 1. The zero-order chi connectivity index (χ0) is 14.6. The fourth-order valence-electron chi connectivity index (χ4n) is 1.39. The highest BCUT2D eigenvalue weighted by molar-refractivity contribution is 7.09. The summed E-state index contributed by atoms with van der Waals surface area (Å²) >= 11 is 1.40. The molecule has 0 aliphatic rings. The molecule has 0 spiro atoms. The quantitative estimate of drug-likeness (QED) is 0.887. The summed E-state index contributed by atoms with van der Waals surface area (Å²) in [5.41, 5.74) is -0.0914. The van der Waals surface area contributed by atoms with Crippen molar-refractivity contribution in [3.63, 3.8) is 0 Å². The molecule has 1 heterocycles. The molecule has 1 atom stereocenters. The summed E-state index contributed by atoms with van der Waals surface area (Å²) in [5, 5.41) is 14.0. The number of aromatic nitrogens is 1. The zero-order valence-electron chi connectivity index (χ0n) is 11.4. The van der Waals surface area contributed by atoms with Gasteiger partial charge in [-0.1, -0.05) is 0 Å². The second-order valence-electron chi connectivity index (χ2n) is 5.09. The first-order chi connectivity index (χ1) is 8.67. The number of carboxylic acids is 1. The van der Waals surface area contributed by atoms with Gasteiger partial charge >= 0.3 is 12.1 Å². The van der Waals surface area contributed by atoms with E-state index < -0.39 is 23.7 Å². The van der Waals surface area contributed by atoms with E-state index in [1.807, 2.05) is 6.92 Å². The van der Waals surface area contributed by atoms with E-state index in [1.54, 1.807) is 26.2 Å². The highest BCUT2D eigenvalue weighted by Crippen LogP contribution is 2.20. The van der Waals surface area contributed by atoms with Gasteiger partial charge in [-0.25, -0.2) is 9.78 Å². The molecule has 0 radical (unpaired) electrons. The van der Waals surface area contributed by atoms with Crippen LogP contribution in [0.1, 0.15) is 43.9 Å².